The lowest BCUT2D eigenvalue weighted by Crippen LogP contribution is -2.48. The van der Waals surface area contributed by atoms with Gasteiger partial charge in [0.1, 0.15) is 11.6 Å². The van der Waals surface area contributed by atoms with Crippen LogP contribution in [-0.4, -0.2) is 38.2 Å². The number of nitrogens with one attached hydrogen (secondary N) is 1. The quantitative estimate of drug-likeness (QED) is 0.921. The van der Waals surface area contributed by atoms with Crippen molar-refractivity contribution in [3.8, 4) is 5.75 Å². The molecule has 1 saturated heterocycles. The standard InChI is InChI=1S/C16H25FN2O/c1-16(2,3)15(19-10-8-18-9-11-19)14-12(17)6-5-7-13(14)20-4/h5-7,15,18H,8-11H2,1-4H3/t15-/m0/s1. The number of nitrogens with zero attached hydrogens (tertiary/aromatic N) is 1. The molecule has 0 spiro atoms. The predicted molar refractivity (Wildman–Crippen MR) is 79.6 cm³/mol. The molecule has 20 heavy (non-hydrogen) atoms. The van der Waals surface area contributed by atoms with E-state index in [9.17, 15) is 4.39 Å². The molecule has 0 amide bonds. The maximum Gasteiger partial charge on any atom is 0.131 e. The lowest BCUT2D eigenvalue weighted by Gasteiger charge is -2.43. The Bertz CT molecular complexity index is 450. The van der Waals surface area contributed by atoms with Crippen LogP contribution in [0.1, 0.15) is 32.4 Å². The Labute approximate surface area is 121 Å². The molecular formula is C16H25FN2O. The van der Waals surface area contributed by atoms with Crippen LogP contribution in [0.5, 0.6) is 5.75 Å². The van der Waals surface area contributed by atoms with E-state index in [2.05, 4.69) is 31.0 Å². The Balaban J connectivity index is 2.46. The molecule has 1 aliphatic heterocycles. The first-order valence-corrected chi connectivity index (χ1v) is 7.22. The largest absolute Gasteiger partial charge is 0.496 e. The van der Waals surface area contributed by atoms with Gasteiger partial charge in [0.25, 0.3) is 0 Å². The van der Waals surface area contributed by atoms with Crippen LogP contribution in [0.15, 0.2) is 18.2 Å². The summed E-state index contributed by atoms with van der Waals surface area (Å²) in [7, 11) is 1.61. The zero-order valence-electron chi connectivity index (χ0n) is 12.9. The van der Waals surface area contributed by atoms with Crippen molar-refractivity contribution in [2.24, 2.45) is 5.41 Å². The Kier molecular flexibility index (Phi) is 4.66. The lowest BCUT2D eigenvalue weighted by atomic mass is 9.80. The fourth-order valence-electron chi connectivity index (χ4n) is 3.06. The number of halogens is 1. The fourth-order valence-corrected chi connectivity index (χ4v) is 3.06. The molecular weight excluding hydrogens is 255 g/mol. The molecule has 1 N–H and O–H groups in total. The van der Waals surface area contributed by atoms with Crippen LogP contribution in [0, 0.1) is 11.2 Å². The molecule has 1 aromatic rings. The van der Waals surface area contributed by atoms with Gasteiger partial charge in [-0.05, 0) is 17.5 Å². The van der Waals surface area contributed by atoms with Gasteiger partial charge in [-0.15, -0.1) is 0 Å². The predicted octanol–water partition coefficient (Wildman–Crippen LogP) is 2.83. The summed E-state index contributed by atoms with van der Waals surface area (Å²) in [6.07, 6.45) is 0. The topological polar surface area (TPSA) is 24.5 Å². The van der Waals surface area contributed by atoms with E-state index in [-0.39, 0.29) is 17.3 Å². The van der Waals surface area contributed by atoms with E-state index in [1.165, 1.54) is 6.07 Å². The summed E-state index contributed by atoms with van der Waals surface area (Å²) in [6, 6.07) is 5.09. The molecule has 1 atom stereocenters. The van der Waals surface area contributed by atoms with Gasteiger partial charge in [-0.25, -0.2) is 4.39 Å². The van der Waals surface area contributed by atoms with Crippen molar-refractivity contribution in [2.45, 2.75) is 26.8 Å². The summed E-state index contributed by atoms with van der Waals surface area (Å²) in [5.41, 5.74) is 0.622. The highest BCUT2D eigenvalue weighted by atomic mass is 19.1. The SMILES string of the molecule is COc1cccc(F)c1[C@H](N1CCNCC1)C(C)(C)C. The van der Waals surface area contributed by atoms with Gasteiger partial charge in [-0.2, -0.15) is 0 Å². The highest BCUT2D eigenvalue weighted by Gasteiger charge is 2.36. The average molecular weight is 280 g/mol. The first kappa shape index (κ1) is 15.3. The van der Waals surface area contributed by atoms with E-state index in [0.29, 0.717) is 11.3 Å². The molecule has 0 bridgehead atoms. The summed E-state index contributed by atoms with van der Waals surface area (Å²) in [6.45, 7) is 10.2. The number of rotatable bonds is 3. The van der Waals surface area contributed by atoms with Gasteiger partial charge in [0.05, 0.1) is 7.11 Å². The van der Waals surface area contributed by atoms with Crippen molar-refractivity contribution in [3.05, 3.63) is 29.6 Å². The molecule has 2 rings (SSSR count). The van der Waals surface area contributed by atoms with Crippen LogP contribution in [-0.2, 0) is 0 Å². The molecule has 1 aliphatic rings. The number of piperazine rings is 1. The average Bonchev–Trinajstić information content (AvgIpc) is 2.40. The maximum absolute atomic E-state index is 14.5. The second-order valence-corrected chi connectivity index (χ2v) is 6.41. The molecule has 4 heteroatoms. The van der Waals surface area contributed by atoms with Crippen LogP contribution in [0.2, 0.25) is 0 Å². The zero-order chi connectivity index (χ0) is 14.8. The van der Waals surface area contributed by atoms with Crippen molar-refractivity contribution >= 4 is 0 Å². The number of benzene rings is 1. The van der Waals surface area contributed by atoms with Crippen LogP contribution in [0.25, 0.3) is 0 Å². The van der Waals surface area contributed by atoms with E-state index < -0.39 is 0 Å². The Morgan fingerprint density at radius 3 is 2.45 bits per heavy atom. The second-order valence-electron chi connectivity index (χ2n) is 6.41. The third kappa shape index (κ3) is 3.13. The number of hydrogen-bond donors (Lipinski definition) is 1. The first-order valence-electron chi connectivity index (χ1n) is 7.22. The monoisotopic (exact) mass is 280 g/mol. The lowest BCUT2D eigenvalue weighted by molar-refractivity contribution is 0.0812. The Morgan fingerprint density at radius 2 is 1.90 bits per heavy atom. The summed E-state index contributed by atoms with van der Waals surface area (Å²) < 4.78 is 19.9. The third-order valence-corrected chi connectivity index (χ3v) is 3.84. The minimum absolute atomic E-state index is 0.0146. The highest BCUT2D eigenvalue weighted by molar-refractivity contribution is 5.38. The van der Waals surface area contributed by atoms with Crippen molar-refractivity contribution in [3.63, 3.8) is 0 Å². The Hall–Kier alpha value is -1.13. The molecule has 0 aromatic heterocycles. The maximum atomic E-state index is 14.5. The van der Waals surface area contributed by atoms with Gasteiger partial charge >= 0.3 is 0 Å². The fraction of sp³-hybridized carbons (Fsp3) is 0.625. The summed E-state index contributed by atoms with van der Waals surface area (Å²) in [5.74, 6) is 0.464. The smallest absolute Gasteiger partial charge is 0.131 e. The van der Waals surface area contributed by atoms with Gasteiger partial charge in [0.15, 0.2) is 0 Å². The number of methoxy groups -OCH3 is 1. The molecule has 112 valence electrons. The third-order valence-electron chi connectivity index (χ3n) is 3.84. The summed E-state index contributed by atoms with van der Waals surface area (Å²) in [5, 5.41) is 3.35. The van der Waals surface area contributed by atoms with Gasteiger partial charge in [0, 0.05) is 37.8 Å². The van der Waals surface area contributed by atoms with Crippen LogP contribution >= 0.6 is 0 Å². The van der Waals surface area contributed by atoms with Crippen molar-refractivity contribution in [2.75, 3.05) is 33.3 Å². The van der Waals surface area contributed by atoms with Crippen LogP contribution in [0.4, 0.5) is 4.39 Å². The van der Waals surface area contributed by atoms with Gasteiger partial charge in [-0.3, -0.25) is 4.90 Å². The molecule has 0 radical (unpaired) electrons. The minimum atomic E-state index is -0.178. The Morgan fingerprint density at radius 1 is 1.25 bits per heavy atom. The van der Waals surface area contributed by atoms with Crippen LogP contribution < -0.4 is 10.1 Å². The van der Waals surface area contributed by atoms with Crippen LogP contribution in [0.3, 0.4) is 0 Å². The second kappa shape index (κ2) is 6.10. The van der Waals surface area contributed by atoms with E-state index in [0.717, 1.165) is 26.2 Å². The van der Waals surface area contributed by atoms with Crippen molar-refractivity contribution in [1.29, 1.82) is 0 Å². The summed E-state index contributed by atoms with van der Waals surface area (Å²) in [4.78, 5) is 2.36. The van der Waals surface area contributed by atoms with E-state index in [4.69, 9.17) is 4.74 Å². The molecule has 0 aliphatic carbocycles. The van der Waals surface area contributed by atoms with E-state index in [1.807, 2.05) is 6.07 Å². The van der Waals surface area contributed by atoms with E-state index in [1.54, 1.807) is 13.2 Å². The molecule has 0 saturated carbocycles. The normalized spacial score (nSPS) is 18.9. The van der Waals surface area contributed by atoms with Crippen molar-refractivity contribution in [1.82, 2.24) is 10.2 Å². The number of ether oxygens (including phenoxy) is 1. The molecule has 0 unspecified atom stereocenters. The van der Waals surface area contributed by atoms with Gasteiger partial charge in [0.2, 0.25) is 0 Å². The van der Waals surface area contributed by atoms with Gasteiger partial charge in [-0.1, -0.05) is 26.8 Å². The zero-order valence-corrected chi connectivity index (χ0v) is 12.9. The molecule has 1 aromatic carbocycles. The minimum Gasteiger partial charge on any atom is -0.496 e. The molecule has 3 nitrogen and oxygen atoms in total. The highest BCUT2D eigenvalue weighted by Crippen LogP contribution is 2.43. The molecule has 1 fully saturated rings. The van der Waals surface area contributed by atoms with Gasteiger partial charge < -0.3 is 10.1 Å². The summed E-state index contributed by atoms with van der Waals surface area (Å²) >= 11 is 0. The van der Waals surface area contributed by atoms with Crippen molar-refractivity contribution < 1.29 is 9.13 Å². The first-order chi connectivity index (χ1) is 9.45. The molecule has 1 heterocycles. The number of hydrogen-bond acceptors (Lipinski definition) is 3. The van der Waals surface area contributed by atoms with E-state index >= 15 is 0 Å².